The zero-order valence-electron chi connectivity index (χ0n) is 11.7. The molecule has 0 spiro atoms. The molecule has 0 atom stereocenters. The number of aliphatic imine (C=N–C) groups is 1. The SMILES string of the molecule is C=CC(C=C)=N/C(C=C)=C/C=C(\C=C)C(C)(C)C. The molecule has 0 aliphatic heterocycles. The van der Waals surface area contributed by atoms with Crippen molar-refractivity contribution in [2.75, 3.05) is 0 Å². The van der Waals surface area contributed by atoms with Gasteiger partial charge < -0.3 is 0 Å². The molecular formula is C17H23N. The van der Waals surface area contributed by atoms with Crippen LogP contribution in [-0.2, 0) is 0 Å². The van der Waals surface area contributed by atoms with E-state index in [1.54, 1.807) is 18.2 Å². The van der Waals surface area contributed by atoms with Gasteiger partial charge in [-0.15, -0.1) is 0 Å². The fourth-order valence-corrected chi connectivity index (χ4v) is 1.27. The molecule has 0 aromatic rings. The van der Waals surface area contributed by atoms with Crippen molar-refractivity contribution in [3.8, 4) is 0 Å². The van der Waals surface area contributed by atoms with E-state index in [0.717, 1.165) is 17.0 Å². The van der Waals surface area contributed by atoms with Gasteiger partial charge in [0.2, 0.25) is 0 Å². The molecule has 0 bridgehead atoms. The van der Waals surface area contributed by atoms with Gasteiger partial charge in [-0.05, 0) is 35.3 Å². The molecule has 0 aliphatic rings. The van der Waals surface area contributed by atoms with Crippen LogP contribution in [-0.4, -0.2) is 5.71 Å². The second-order valence-electron chi connectivity index (χ2n) is 4.82. The van der Waals surface area contributed by atoms with E-state index < -0.39 is 0 Å². The number of nitrogens with zero attached hydrogens (tertiary/aromatic N) is 1. The van der Waals surface area contributed by atoms with Gasteiger partial charge in [0.05, 0.1) is 11.4 Å². The highest BCUT2D eigenvalue weighted by atomic mass is 14.7. The largest absolute Gasteiger partial charge is 0.249 e. The monoisotopic (exact) mass is 241 g/mol. The van der Waals surface area contributed by atoms with Crippen LogP contribution < -0.4 is 0 Å². The van der Waals surface area contributed by atoms with E-state index in [2.05, 4.69) is 52.1 Å². The van der Waals surface area contributed by atoms with Crippen LogP contribution in [0.1, 0.15) is 20.8 Å². The van der Waals surface area contributed by atoms with E-state index in [0.29, 0.717) is 0 Å². The lowest BCUT2D eigenvalue weighted by atomic mass is 9.86. The molecule has 0 N–H and O–H groups in total. The summed E-state index contributed by atoms with van der Waals surface area (Å²) in [6.45, 7) is 21.4. The highest BCUT2D eigenvalue weighted by Gasteiger charge is 2.12. The summed E-state index contributed by atoms with van der Waals surface area (Å²) in [4.78, 5) is 4.36. The predicted octanol–water partition coefficient (Wildman–Crippen LogP) is 5.03. The predicted molar refractivity (Wildman–Crippen MR) is 83.8 cm³/mol. The summed E-state index contributed by atoms with van der Waals surface area (Å²) in [5, 5.41) is 0. The molecule has 0 radical (unpaired) electrons. The topological polar surface area (TPSA) is 12.4 Å². The summed E-state index contributed by atoms with van der Waals surface area (Å²) in [6, 6.07) is 0. The summed E-state index contributed by atoms with van der Waals surface area (Å²) < 4.78 is 0. The van der Waals surface area contributed by atoms with Crippen molar-refractivity contribution in [2.45, 2.75) is 20.8 Å². The van der Waals surface area contributed by atoms with Crippen LogP contribution in [0.15, 0.2) is 79.0 Å². The van der Waals surface area contributed by atoms with Crippen LogP contribution in [0.3, 0.4) is 0 Å². The van der Waals surface area contributed by atoms with Crippen molar-refractivity contribution < 1.29 is 0 Å². The summed E-state index contributed by atoms with van der Waals surface area (Å²) >= 11 is 0. The number of hydrogen-bond donors (Lipinski definition) is 0. The van der Waals surface area contributed by atoms with Gasteiger partial charge in [-0.2, -0.15) is 0 Å². The van der Waals surface area contributed by atoms with E-state index in [-0.39, 0.29) is 5.41 Å². The molecule has 0 unspecified atom stereocenters. The third-order valence-electron chi connectivity index (χ3n) is 2.41. The minimum Gasteiger partial charge on any atom is -0.249 e. The van der Waals surface area contributed by atoms with Gasteiger partial charge in [-0.1, -0.05) is 59.2 Å². The van der Waals surface area contributed by atoms with Gasteiger partial charge in [0.15, 0.2) is 0 Å². The van der Waals surface area contributed by atoms with Gasteiger partial charge >= 0.3 is 0 Å². The lowest BCUT2D eigenvalue weighted by Gasteiger charge is -2.19. The maximum Gasteiger partial charge on any atom is 0.0631 e. The van der Waals surface area contributed by atoms with E-state index in [1.807, 2.05) is 18.2 Å². The average Bonchev–Trinajstić information content (AvgIpc) is 2.32. The van der Waals surface area contributed by atoms with Crippen molar-refractivity contribution in [1.29, 1.82) is 0 Å². The fourth-order valence-electron chi connectivity index (χ4n) is 1.27. The molecule has 0 heterocycles. The molecule has 0 fully saturated rings. The Hall–Kier alpha value is -1.89. The van der Waals surface area contributed by atoms with Crippen LogP contribution in [0.2, 0.25) is 0 Å². The Labute approximate surface area is 111 Å². The minimum atomic E-state index is 0.0634. The normalized spacial score (nSPS) is 12.6. The summed E-state index contributed by atoms with van der Waals surface area (Å²) in [5.74, 6) is 0. The van der Waals surface area contributed by atoms with Crippen molar-refractivity contribution in [1.82, 2.24) is 0 Å². The van der Waals surface area contributed by atoms with Gasteiger partial charge in [-0.3, -0.25) is 0 Å². The Morgan fingerprint density at radius 2 is 1.39 bits per heavy atom. The highest BCUT2D eigenvalue weighted by Crippen LogP contribution is 2.26. The first-order chi connectivity index (χ1) is 8.38. The third kappa shape index (κ3) is 5.44. The molecule has 0 amide bonds. The molecule has 1 heteroatoms. The van der Waals surface area contributed by atoms with Crippen LogP contribution in [0.5, 0.6) is 0 Å². The van der Waals surface area contributed by atoms with E-state index >= 15 is 0 Å². The van der Waals surface area contributed by atoms with Crippen molar-refractivity contribution in [3.63, 3.8) is 0 Å². The molecule has 0 aliphatic carbocycles. The maximum atomic E-state index is 4.36. The maximum absolute atomic E-state index is 4.36. The molecular weight excluding hydrogens is 218 g/mol. The Bertz CT molecular complexity index is 413. The number of rotatable bonds is 6. The van der Waals surface area contributed by atoms with Crippen molar-refractivity contribution in [3.05, 3.63) is 74.0 Å². The van der Waals surface area contributed by atoms with Gasteiger partial charge in [0.1, 0.15) is 0 Å². The van der Waals surface area contributed by atoms with E-state index in [4.69, 9.17) is 0 Å². The zero-order chi connectivity index (χ0) is 14.2. The molecule has 0 aromatic carbocycles. The Balaban J connectivity index is 5.38. The Morgan fingerprint density at radius 1 is 0.833 bits per heavy atom. The van der Waals surface area contributed by atoms with Crippen LogP contribution >= 0.6 is 0 Å². The van der Waals surface area contributed by atoms with Crippen LogP contribution in [0, 0.1) is 5.41 Å². The lowest BCUT2D eigenvalue weighted by Crippen LogP contribution is -2.06. The molecule has 96 valence electrons. The highest BCUT2D eigenvalue weighted by molar-refractivity contribution is 6.03. The van der Waals surface area contributed by atoms with Gasteiger partial charge in [0, 0.05) is 0 Å². The van der Waals surface area contributed by atoms with E-state index in [9.17, 15) is 0 Å². The zero-order valence-corrected chi connectivity index (χ0v) is 11.7. The first-order valence-electron chi connectivity index (χ1n) is 5.90. The van der Waals surface area contributed by atoms with Gasteiger partial charge in [0.25, 0.3) is 0 Å². The molecule has 1 nitrogen and oxygen atoms in total. The van der Waals surface area contributed by atoms with Crippen LogP contribution in [0.4, 0.5) is 0 Å². The Morgan fingerprint density at radius 3 is 1.72 bits per heavy atom. The minimum absolute atomic E-state index is 0.0634. The average molecular weight is 241 g/mol. The molecule has 0 saturated carbocycles. The standard InChI is InChI=1S/C17H23N/c1-8-14(17(5,6)7)12-13-16(11-4)18-15(9-2)10-3/h8-13H,1-4H2,5-7H3/b14-12+,16-13+. The second kappa shape index (κ2) is 7.44. The first-order valence-corrected chi connectivity index (χ1v) is 5.90. The number of hydrogen-bond acceptors (Lipinski definition) is 1. The molecule has 0 aromatic heterocycles. The molecule has 0 saturated heterocycles. The van der Waals surface area contributed by atoms with E-state index in [1.165, 1.54) is 0 Å². The quantitative estimate of drug-likeness (QED) is 0.457. The summed E-state index contributed by atoms with van der Waals surface area (Å²) in [6.07, 6.45) is 10.8. The second-order valence-corrected chi connectivity index (χ2v) is 4.82. The number of allylic oxidation sites excluding steroid dienone is 7. The fraction of sp³-hybridized carbons (Fsp3) is 0.235. The summed E-state index contributed by atoms with van der Waals surface area (Å²) in [7, 11) is 0. The van der Waals surface area contributed by atoms with Crippen molar-refractivity contribution >= 4 is 5.71 Å². The summed E-state index contributed by atoms with van der Waals surface area (Å²) in [5.41, 5.74) is 2.71. The lowest BCUT2D eigenvalue weighted by molar-refractivity contribution is 0.517. The smallest absolute Gasteiger partial charge is 0.0631 e. The Kier molecular flexibility index (Phi) is 6.66. The van der Waals surface area contributed by atoms with Crippen molar-refractivity contribution in [2.24, 2.45) is 10.4 Å². The third-order valence-corrected chi connectivity index (χ3v) is 2.41. The van der Waals surface area contributed by atoms with Crippen LogP contribution in [0.25, 0.3) is 0 Å². The first kappa shape index (κ1) is 16.1. The van der Waals surface area contributed by atoms with Gasteiger partial charge in [-0.25, -0.2) is 4.99 Å². The molecule has 18 heavy (non-hydrogen) atoms. The molecule has 0 rings (SSSR count).